The minimum atomic E-state index is -5.32. The molecule has 0 aromatic heterocycles. The van der Waals surface area contributed by atoms with E-state index in [0.717, 1.165) is 15.7 Å². The number of ether oxygens (including phenoxy) is 1. The van der Waals surface area contributed by atoms with Crippen LogP contribution in [0.25, 0.3) is 10.8 Å². The van der Waals surface area contributed by atoms with Gasteiger partial charge in [-0.25, -0.2) is 9.59 Å². The van der Waals surface area contributed by atoms with Crippen molar-refractivity contribution in [2.45, 2.75) is 32.5 Å². The molecule has 2 amide bonds. The maximum atomic E-state index is 12.7. The van der Waals surface area contributed by atoms with Crippen molar-refractivity contribution < 1.29 is 32.3 Å². The zero-order valence-corrected chi connectivity index (χ0v) is 19.6. The number of nitrogens with one attached hydrogen (secondary N) is 2. The van der Waals surface area contributed by atoms with Gasteiger partial charge in [-0.2, -0.15) is 13.2 Å². The van der Waals surface area contributed by atoms with E-state index in [0.29, 0.717) is 11.3 Å². The highest BCUT2D eigenvalue weighted by atomic mass is 19.4. The van der Waals surface area contributed by atoms with Gasteiger partial charge in [0, 0.05) is 28.0 Å². The molecule has 0 saturated carbocycles. The van der Waals surface area contributed by atoms with Crippen molar-refractivity contribution >= 4 is 46.0 Å². The van der Waals surface area contributed by atoms with Gasteiger partial charge < -0.3 is 15.8 Å². The number of rotatable bonds is 4. The largest absolute Gasteiger partial charge is 0.491 e. The van der Waals surface area contributed by atoms with Gasteiger partial charge in [-0.15, -0.1) is 0 Å². The Labute approximate surface area is 204 Å². The molecule has 4 N–H and O–H groups in total. The third-order valence-corrected chi connectivity index (χ3v) is 5.06. The van der Waals surface area contributed by atoms with E-state index in [1.807, 2.05) is 0 Å². The summed E-state index contributed by atoms with van der Waals surface area (Å²) in [6.07, 6.45) is -6.81. The first-order chi connectivity index (χ1) is 16.7. The highest BCUT2D eigenvalue weighted by molar-refractivity contribution is 6.06. The average molecular weight is 500 g/mol. The van der Waals surface area contributed by atoms with Crippen LogP contribution in [0.4, 0.5) is 29.3 Å². The molecule has 36 heavy (non-hydrogen) atoms. The third kappa shape index (κ3) is 5.98. The molecule has 3 aromatic rings. The smallest absolute Gasteiger partial charge is 0.384 e. The van der Waals surface area contributed by atoms with Crippen LogP contribution in [0.2, 0.25) is 0 Å². The van der Waals surface area contributed by atoms with Crippen molar-refractivity contribution in [1.82, 2.24) is 0 Å². The van der Waals surface area contributed by atoms with E-state index >= 15 is 0 Å². The summed E-state index contributed by atoms with van der Waals surface area (Å²) in [5.41, 5.74) is 5.91. The van der Waals surface area contributed by atoms with Gasteiger partial charge in [0.15, 0.2) is 0 Å². The third-order valence-electron chi connectivity index (χ3n) is 5.06. The summed E-state index contributed by atoms with van der Waals surface area (Å²) in [5, 5.41) is 11.9. The Kier molecular flexibility index (Phi) is 7.05. The first kappa shape index (κ1) is 26.2. The Morgan fingerprint density at radius 2 is 1.44 bits per heavy atom. The number of amides is 2. The molecule has 0 spiro atoms. The molecule has 188 valence electrons. The van der Waals surface area contributed by atoms with Gasteiger partial charge >= 0.3 is 18.2 Å². The number of hydrogen-bond acceptors (Lipinski definition) is 5. The summed E-state index contributed by atoms with van der Waals surface area (Å²) in [6.45, 7) is 4.64. The lowest BCUT2D eigenvalue weighted by Gasteiger charge is -2.34. The van der Waals surface area contributed by atoms with Crippen molar-refractivity contribution in [3.8, 4) is 0 Å². The summed E-state index contributed by atoms with van der Waals surface area (Å²) in [4.78, 5) is 37.1. The Hall–Kier alpha value is -4.41. The molecule has 0 unspecified atom stereocenters. The Morgan fingerprint density at radius 1 is 0.889 bits per heavy atom. The Morgan fingerprint density at radius 3 is 2.00 bits per heavy atom. The fourth-order valence-electron chi connectivity index (χ4n) is 3.41. The molecule has 3 aromatic carbocycles. The highest BCUT2D eigenvalue weighted by Crippen LogP contribution is 2.27. The molecular formula is C25H23F3N4O4. The normalized spacial score (nSPS) is 11.6. The average Bonchev–Trinajstić information content (AvgIpc) is 2.77. The summed E-state index contributed by atoms with van der Waals surface area (Å²) >= 11 is 0. The number of hydrogen-bond donors (Lipinski definition) is 3. The fourth-order valence-corrected chi connectivity index (χ4v) is 3.41. The van der Waals surface area contributed by atoms with Crippen molar-refractivity contribution in [3.05, 3.63) is 71.8 Å². The number of benzene rings is 3. The summed E-state index contributed by atoms with van der Waals surface area (Å²) < 4.78 is 41.6. The first-order valence-electron chi connectivity index (χ1n) is 10.6. The molecule has 0 atom stereocenters. The van der Waals surface area contributed by atoms with Crippen molar-refractivity contribution in [1.29, 1.82) is 5.41 Å². The van der Waals surface area contributed by atoms with Crippen molar-refractivity contribution in [3.63, 3.8) is 0 Å². The number of anilines is 2. The Bertz CT molecular complexity index is 1350. The molecule has 0 bridgehead atoms. The topological polar surface area (TPSA) is 126 Å². The number of carbonyl (C=O) groups excluding carboxylic acids is 3. The number of esters is 1. The van der Waals surface area contributed by atoms with Gasteiger partial charge in [0.2, 0.25) is 0 Å². The molecule has 11 heteroatoms. The fraction of sp³-hybridized carbons (Fsp3) is 0.200. The Balaban J connectivity index is 1.78. The van der Waals surface area contributed by atoms with Crippen LogP contribution in [0.3, 0.4) is 0 Å². The van der Waals surface area contributed by atoms with E-state index in [1.165, 1.54) is 24.3 Å². The molecule has 0 aliphatic carbocycles. The number of nitrogens with zero attached hydrogens (tertiary/aromatic N) is 1. The molecule has 3 rings (SSSR count). The van der Waals surface area contributed by atoms with Gasteiger partial charge in [-0.05, 0) is 74.0 Å². The molecule has 0 radical (unpaired) electrons. The van der Waals surface area contributed by atoms with Crippen LogP contribution in [0, 0.1) is 5.41 Å². The van der Waals surface area contributed by atoms with Crippen LogP contribution in [-0.2, 0) is 9.53 Å². The standard InChI is InChI=1S/C25H23F3N4O4/c1-24(2,3)32(23(35)36-22(34)25(26,27)28)19-10-7-14(8-11-19)21(33)31-18-9-6-15-12-17(20(29)30)5-4-16(15)13-18/h4-13H,1-3H3,(H3,29,30)(H,31,33). The summed E-state index contributed by atoms with van der Waals surface area (Å²) in [5.74, 6) is -3.13. The molecule has 0 fully saturated rings. The summed E-state index contributed by atoms with van der Waals surface area (Å²) in [7, 11) is 0. The highest BCUT2D eigenvalue weighted by Gasteiger charge is 2.44. The van der Waals surface area contributed by atoms with E-state index in [2.05, 4.69) is 10.1 Å². The second-order valence-corrected chi connectivity index (χ2v) is 8.85. The minimum absolute atomic E-state index is 0.0528. The van der Waals surface area contributed by atoms with Crippen LogP contribution in [0.15, 0.2) is 60.7 Å². The lowest BCUT2D eigenvalue weighted by molar-refractivity contribution is -0.192. The number of fused-ring (bicyclic) bond motifs is 1. The van der Waals surface area contributed by atoms with Gasteiger partial charge in [-0.1, -0.05) is 18.2 Å². The number of amidine groups is 1. The van der Waals surface area contributed by atoms with Crippen LogP contribution in [-0.4, -0.2) is 35.5 Å². The van der Waals surface area contributed by atoms with Gasteiger partial charge in [0.25, 0.3) is 5.91 Å². The maximum absolute atomic E-state index is 12.7. The van der Waals surface area contributed by atoms with Crippen molar-refractivity contribution in [2.24, 2.45) is 5.73 Å². The van der Waals surface area contributed by atoms with Gasteiger partial charge in [0.1, 0.15) is 5.84 Å². The van der Waals surface area contributed by atoms with Gasteiger partial charge in [-0.3, -0.25) is 15.1 Å². The number of nitrogens with two attached hydrogens (primary N) is 1. The molecule has 0 aliphatic rings. The van der Waals surface area contributed by atoms with Crippen LogP contribution < -0.4 is 16.0 Å². The molecule has 0 heterocycles. The first-order valence-corrected chi connectivity index (χ1v) is 10.6. The molecule has 0 saturated heterocycles. The number of nitrogen functional groups attached to an aromatic ring is 1. The lowest BCUT2D eigenvalue weighted by Crippen LogP contribution is -2.48. The second kappa shape index (κ2) is 9.68. The second-order valence-electron chi connectivity index (χ2n) is 8.85. The maximum Gasteiger partial charge on any atom is 0.491 e. The molecule has 0 aliphatic heterocycles. The van der Waals surface area contributed by atoms with E-state index in [1.54, 1.807) is 57.2 Å². The number of halogens is 3. The van der Waals surface area contributed by atoms with E-state index < -0.39 is 29.7 Å². The van der Waals surface area contributed by atoms with E-state index in [9.17, 15) is 27.6 Å². The van der Waals surface area contributed by atoms with Crippen molar-refractivity contribution in [2.75, 3.05) is 10.2 Å². The SMILES string of the molecule is CC(C)(C)N(C(=O)OC(=O)C(F)(F)F)c1ccc(C(=O)Nc2ccc3cc(C(=N)N)ccc3c2)cc1. The van der Waals surface area contributed by atoms with Crippen LogP contribution >= 0.6 is 0 Å². The van der Waals surface area contributed by atoms with E-state index in [4.69, 9.17) is 11.1 Å². The minimum Gasteiger partial charge on any atom is -0.384 e. The number of alkyl halides is 3. The number of carbonyl (C=O) groups is 3. The quantitative estimate of drug-likeness (QED) is 0.196. The zero-order valence-electron chi connectivity index (χ0n) is 19.6. The molecule has 8 nitrogen and oxygen atoms in total. The van der Waals surface area contributed by atoms with E-state index in [-0.39, 0.29) is 17.1 Å². The summed E-state index contributed by atoms with van der Waals surface area (Å²) in [6, 6.07) is 16.0. The van der Waals surface area contributed by atoms with Crippen LogP contribution in [0.1, 0.15) is 36.7 Å². The lowest BCUT2D eigenvalue weighted by atomic mass is 10.0. The monoisotopic (exact) mass is 500 g/mol. The molecular weight excluding hydrogens is 477 g/mol. The predicted molar refractivity (Wildman–Crippen MR) is 129 cm³/mol. The van der Waals surface area contributed by atoms with Gasteiger partial charge in [0.05, 0.1) is 0 Å². The predicted octanol–water partition coefficient (Wildman–Crippen LogP) is 5.21. The van der Waals surface area contributed by atoms with Crippen LogP contribution in [0.5, 0.6) is 0 Å². The zero-order chi connectivity index (χ0) is 26.8.